The number of ether oxygens (including phenoxy) is 2. The Balaban J connectivity index is 1.88. The van der Waals surface area contributed by atoms with Crippen LogP contribution in [0.25, 0.3) is 0 Å². The number of benzene rings is 1. The molecule has 0 aliphatic carbocycles. The van der Waals surface area contributed by atoms with Crippen molar-refractivity contribution in [3.05, 3.63) is 30.7 Å². The molecule has 87 valence electrons. The molecule has 1 heterocycles. The summed E-state index contributed by atoms with van der Waals surface area (Å²) in [4.78, 5) is 0. The van der Waals surface area contributed by atoms with Gasteiger partial charge in [0, 0.05) is 13.0 Å². The smallest absolute Gasteiger partial charge is 0.120 e. The second kappa shape index (κ2) is 5.75. The Morgan fingerprint density at radius 2 is 2.00 bits per heavy atom. The highest BCUT2D eigenvalue weighted by molar-refractivity contribution is 5.31. The summed E-state index contributed by atoms with van der Waals surface area (Å²) in [5.41, 5.74) is 0. The van der Waals surface area contributed by atoms with Crippen LogP contribution in [0.1, 0.15) is 13.3 Å². The third kappa shape index (κ3) is 3.14. The summed E-state index contributed by atoms with van der Waals surface area (Å²) in [7, 11) is 0. The summed E-state index contributed by atoms with van der Waals surface area (Å²) < 4.78 is 11.2. The Kier molecular flexibility index (Phi) is 4.05. The van der Waals surface area contributed by atoms with Crippen molar-refractivity contribution in [2.24, 2.45) is 0 Å². The molecule has 1 N–H and O–H groups in total. The van der Waals surface area contributed by atoms with E-state index in [2.05, 4.69) is 11.7 Å². The zero-order valence-electron chi connectivity index (χ0n) is 9.61. The van der Waals surface area contributed by atoms with Crippen molar-refractivity contribution in [1.29, 1.82) is 0 Å². The van der Waals surface area contributed by atoms with Gasteiger partial charge in [-0.15, -0.1) is 0 Å². The molecule has 1 aliphatic rings. The number of hydrogen-bond donors (Lipinski definition) is 1. The minimum Gasteiger partial charge on any atom is -0.494 e. The van der Waals surface area contributed by atoms with E-state index in [0.29, 0.717) is 6.61 Å². The highest BCUT2D eigenvalue weighted by Gasteiger charge is 2.14. The maximum absolute atomic E-state index is 5.84. The first kappa shape index (κ1) is 11.3. The predicted octanol–water partition coefficient (Wildman–Crippen LogP) is 2.03. The van der Waals surface area contributed by atoms with Crippen molar-refractivity contribution < 1.29 is 9.47 Å². The fraction of sp³-hybridized carbons (Fsp3) is 0.462. The van der Waals surface area contributed by atoms with Gasteiger partial charge in [0.25, 0.3) is 0 Å². The topological polar surface area (TPSA) is 30.5 Å². The van der Waals surface area contributed by atoms with Crippen LogP contribution in [0, 0.1) is 6.42 Å². The Bertz CT molecular complexity index is 304. The lowest BCUT2D eigenvalue weighted by molar-refractivity contribution is 0.205. The molecular formula is C13H18NO2. The van der Waals surface area contributed by atoms with E-state index in [1.54, 1.807) is 0 Å². The Labute approximate surface area is 96.8 Å². The first-order chi connectivity index (χ1) is 7.88. The predicted molar refractivity (Wildman–Crippen MR) is 63.8 cm³/mol. The number of piperidine rings is 1. The molecule has 3 heteroatoms. The normalized spacial score (nSPS) is 17.1. The average Bonchev–Trinajstić information content (AvgIpc) is 2.33. The molecule has 0 saturated carbocycles. The van der Waals surface area contributed by atoms with Gasteiger partial charge in [-0.05, 0) is 44.2 Å². The Hall–Kier alpha value is -1.22. The molecule has 1 fully saturated rings. The molecule has 0 spiro atoms. The average molecular weight is 220 g/mol. The van der Waals surface area contributed by atoms with Gasteiger partial charge in [0.05, 0.1) is 6.61 Å². The monoisotopic (exact) mass is 220 g/mol. The summed E-state index contributed by atoms with van der Waals surface area (Å²) in [5.74, 6) is 1.80. The molecule has 0 aromatic heterocycles. The van der Waals surface area contributed by atoms with Crippen LogP contribution in [0.4, 0.5) is 0 Å². The summed E-state index contributed by atoms with van der Waals surface area (Å²) in [5, 5.41) is 3.27. The summed E-state index contributed by atoms with van der Waals surface area (Å²) >= 11 is 0. The van der Waals surface area contributed by atoms with E-state index in [9.17, 15) is 0 Å². The van der Waals surface area contributed by atoms with E-state index < -0.39 is 0 Å². The van der Waals surface area contributed by atoms with Crippen molar-refractivity contribution in [3.8, 4) is 11.5 Å². The zero-order valence-corrected chi connectivity index (χ0v) is 9.61. The van der Waals surface area contributed by atoms with Crippen molar-refractivity contribution in [2.75, 3.05) is 19.7 Å². The quantitative estimate of drug-likeness (QED) is 0.842. The van der Waals surface area contributed by atoms with Crippen LogP contribution in [0.3, 0.4) is 0 Å². The van der Waals surface area contributed by atoms with E-state index in [-0.39, 0.29) is 6.10 Å². The molecule has 0 amide bonds. The van der Waals surface area contributed by atoms with Crippen molar-refractivity contribution >= 4 is 0 Å². The van der Waals surface area contributed by atoms with Gasteiger partial charge in [0.2, 0.25) is 0 Å². The molecule has 0 bridgehead atoms. The molecule has 1 saturated heterocycles. The van der Waals surface area contributed by atoms with Gasteiger partial charge in [0.1, 0.15) is 17.6 Å². The molecule has 1 unspecified atom stereocenters. The SMILES string of the molecule is CCOc1ccc(OC2[CH]CNCC2)cc1. The number of nitrogens with one attached hydrogen (secondary N) is 1. The first-order valence-corrected chi connectivity index (χ1v) is 5.82. The van der Waals surface area contributed by atoms with Crippen LogP contribution in [-0.4, -0.2) is 25.8 Å². The molecule has 1 atom stereocenters. The highest BCUT2D eigenvalue weighted by atomic mass is 16.5. The lowest BCUT2D eigenvalue weighted by Crippen LogP contribution is -2.34. The largest absolute Gasteiger partial charge is 0.494 e. The van der Waals surface area contributed by atoms with Gasteiger partial charge in [-0.2, -0.15) is 0 Å². The van der Waals surface area contributed by atoms with E-state index in [0.717, 1.165) is 31.0 Å². The van der Waals surface area contributed by atoms with Crippen LogP contribution in [-0.2, 0) is 0 Å². The van der Waals surface area contributed by atoms with Gasteiger partial charge in [-0.25, -0.2) is 0 Å². The molecule has 16 heavy (non-hydrogen) atoms. The van der Waals surface area contributed by atoms with Gasteiger partial charge < -0.3 is 14.8 Å². The summed E-state index contributed by atoms with van der Waals surface area (Å²) in [6, 6.07) is 7.81. The number of hydrogen-bond acceptors (Lipinski definition) is 3. The first-order valence-electron chi connectivity index (χ1n) is 5.82. The fourth-order valence-electron chi connectivity index (χ4n) is 1.74. The van der Waals surface area contributed by atoms with Crippen LogP contribution >= 0.6 is 0 Å². The van der Waals surface area contributed by atoms with E-state index in [1.807, 2.05) is 31.2 Å². The lowest BCUT2D eigenvalue weighted by Gasteiger charge is -2.23. The molecule has 1 radical (unpaired) electrons. The van der Waals surface area contributed by atoms with Crippen molar-refractivity contribution in [3.63, 3.8) is 0 Å². The van der Waals surface area contributed by atoms with Crippen molar-refractivity contribution in [1.82, 2.24) is 5.32 Å². The molecule has 1 aromatic carbocycles. The van der Waals surface area contributed by atoms with Crippen molar-refractivity contribution in [2.45, 2.75) is 19.4 Å². The second-order valence-corrected chi connectivity index (χ2v) is 3.79. The van der Waals surface area contributed by atoms with E-state index in [4.69, 9.17) is 9.47 Å². The van der Waals surface area contributed by atoms with Crippen LogP contribution in [0.2, 0.25) is 0 Å². The maximum Gasteiger partial charge on any atom is 0.120 e. The molecule has 2 rings (SSSR count). The van der Waals surface area contributed by atoms with Gasteiger partial charge in [0.15, 0.2) is 0 Å². The van der Waals surface area contributed by atoms with Crippen LogP contribution in [0.5, 0.6) is 11.5 Å². The lowest BCUT2D eigenvalue weighted by atomic mass is 10.1. The Morgan fingerprint density at radius 1 is 1.25 bits per heavy atom. The van der Waals surface area contributed by atoms with Crippen LogP contribution < -0.4 is 14.8 Å². The fourth-order valence-corrected chi connectivity index (χ4v) is 1.74. The molecular weight excluding hydrogens is 202 g/mol. The van der Waals surface area contributed by atoms with E-state index in [1.165, 1.54) is 0 Å². The van der Waals surface area contributed by atoms with Gasteiger partial charge in [-0.3, -0.25) is 0 Å². The second-order valence-electron chi connectivity index (χ2n) is 3.79. The van der Waals surface area contributed by atoms with Gasteiger partial charge >= 0.3 is 0 Å². The summed E-state index contributed by atoms with van der Waals surface area (Å²) in [6.45, 7) is 4.64. The standard InChI is InChI=1S/C13H18NO2/c1-2-15-11-3-5-12(6-4-11)16-13-7-9-14-10-8-13/h3-7,13-14H,2,8-10H2,1H3. The van der Waals surface area contributed by atoms with Crippen LogP contribution in [0.15, 0.2) is 24.3 Å². The minimum atomic E-state index is 0.235. The Morgan fingerprint density at radius 3 is 2.62 bits per heavy atom. The summed E-state index contributed by atoms with van der Waals surface area (Å²) in [6.07, 6.45) is 3.44. The molecule has 1 aliphatic heterocycles. The zero-order chi connectivity index (χ0) is 11.2. The van der Waals surface area contributed by atoms with Gasteiger partial charge in [-0.1, -0.05) is 0 Å². The third-order valence-corrected chi connectivity index (χ3v) is 2.55. The number of rotatable bonds is 4. The third-order valence-electron chi connectivity index (χ3n) is 2.55. The molecule has 3 nitrogen and oxygen atoms in total. The maximum atomic E-state index is 5.84. The highest BCUT2D eigenvalue weighted by Crippen LogP contribution is 2.20. The van der Waals surface area contributed by atoms with E-state index >= 15 is 0 Å². The minimum absolute atomic E-state index is 0.235. The molecule has 1 aromatic rings.